The molecule has 4 N–H and O–H groups in total. The zero-order valence-electron chi connectivity index (χ0n) is 9.12. The lowest BCUT2D eigenvalue weighted by atomic mass is 10.2. The number of rotatable bonds is 3. The Labute approximate surface area is 113 Å². The van der Waals surface area contributed by atoms with Crippen molar-refractivity contribution in [2.45, 2.75) is 6.92 Å². The van der Waals surface area contributed by atoms with Crippen LogP contribution >= 0.6 is 28.1 Å². The Morgan fingerprint density at radius 1 is 1.53 bits per heavy atom. The predicted molar refractivity (Wildman–Crippen MR) is 72.4 cm³/mol. The van der Waals surface area contributed by atoms with Crippen LogP contribution in [-0.2, 0) is 4.79 Å². The van der Waals surface area contributed by atoms with Crippen LogP contribution < -0.4 is 21.3 Å². The smallest absolute Gasteiger partial charge is 0.276 e. The molecule has 0 aliphatic heterocycles. The number of nitrogens with one attached hydrogen (secondary N) is 2. The van der Waals surface area contributed by atoms with Gasteiger partial charge in [0.05, 0.1) is 0 Å². The lowest BCUT2D eigenvalue weighted by Crippen LogP contribution is -2.46. The van der Waals surface area contributed by atoms with Gasteiger partial charge >= 0.3 is 0 Å². The van der Waals surface area contributed by atoms with Crippen molar-refractivity contribution in [1.29, 1.82) is 0 Å². The largest absolute Gasteiger partial charge is 0.484 e. The molecule has 1 aromatic carbocycles. The van der Waals surface area contributed by atoms with Gasteiger partial charge in [0.15, 0.2) is 11.7 Å². The average Bonchev–Trinajstić information content (AvgIpc) is 2.28. The van der Waals surface area contributed by atoms with Crippen LogP contribution in [0.2, 0.25) is 0 Å². The van der Waals surface area contributed by atoms with Crippen molar-refractivity contribution >= 4 is 39.2 Å². The van der Waals surface area contributed by atoms with Gasteiger partial charge in [0.2, 0.25) is 0 Å². The first-order chi connectivity index (χ1) is 7.99. The molecule has 17 heavy (non-hydrogen) atoms. The van der Waals surface area contributed by atoms with E-state index >= 15 is 0 Å². The monoisotopic (exact) mass is 317 g/mol. The summed E-state index contributed by atoms with van der Waals surface area (Å²) >= 11 is 7.91. The summed E-state index contributed by atoms with van der Waals surface area (Å²) in [6, 6.07) is 5.46. The summed E-state index contributed by atoms with van der Waals surface area (Å²) in [5.74, 6) is 0.259. The molecular weight excluding hydrogens is 306 g/mol. The zero-order valence-corrected chi connectivity index (χ0v) is 11.5. The first-order valence-corrected chi connectivity index (χ1v) is 5.92. The average molecular weight is 318 g/mol. The van der Waals surface area contributed by atoms with Crippen LogP contribution in [0.1, 0.15) is 5.56 Å². The van der Waals surface area contributed by atoms with Crippen molar-refractivity contribution in [1.82, 2.24) is 10.9 Å². The van der Waals surface area contributed by atoms with Crippen LogP contribution in [0, 0.1) is 6.92 Å². The van der Waals surface area contributed by atoms with E-state index in [0.717, 1.165) is 10.0 Å². The fourth-order valence-corrected chi connectivity index (χ4v) is 1.32. The number of aryl methyl sites for hydroxylation is 1. The van der Waals surface area contributed by atoms with Gasteiger partial charge in [-0.25, -0.2) is 0 Å². The van der Waals surface area contributed by atoms with Gasteiger partial charge < -0.3 is 10.5 Å². The van der Waals surface area contributed by atoms with Crippen LogP contribution in [0.25, 0.3) is 0 Å². The highest BCUT2D eigenvalue weighted by atomic mass is 79.9. The van der Waals surface area contributed by atoms with E-state index in [4.69, 9.17) is 10.5 Å². The number of nitrogens with two attached hydrogens (primary N) is 1. The van der Waals surface area contributed by atoms with Crippen LogP contribution in [-0.4, -0.2) is 17.6 Å². The summed E-state index contributed by atoms with van der Waals surface area (Å²) in [7, 11) is 0. The fraction of sp³-hybridized carbons (Fsp3) is 0.200. The van der Waals surface area contributed by atoms with E-state index in [1.54, 1.807) is 6.07 Å². The third-order valence-corrected chi connectivity index (χ3v) is 2.82. The summed E-state index contributed by atoms with van der Waals surface area (Å²) in [6.45, 7) is 1.82. The van der Waals surface area contributed by atoms with E-state index in [2.05, 4.69) is 39.0 Å². The molecule has 0 spiro atoms. The standard InChI is InChI=1S/C10H12BrN3O2S/c1-6-4-7(2-3-8(6)11)16-5-9(15)13-14-10(12)17/h2-4H,5H2,1H3,(H,13,15)(H3,12,14,17). The lowest BCUT2D eigenvalue weighted by Gasteiger charge is -2.09. The number of carbonyl (C=O) groups is 1. The molecule has 0 heterocycles. The molecule has 5 nitrogen and oxygen atoms in total. The Kier molecular flexibility index (Phi) is 5.17. The third-order valence-electron chi connectivity index (χ3n) is 1.82. The maximum absolute atomic E-state index is 11.2. The van der Waals surface area contributed by atoms with Crippen molar-refractivity contribution in [2.24, 2.45) is 5.73 Å². The van der Waals surface area contributed by atoms with E-state index in [9.17, 15) is 4.79 Å². The molecule has 0 radical (unpaired) electrons. The van der Waals surface area contributed by atoms with Crippen molar-refractivity contribution in [3.05, 3.63) is 28.2 Å². The van der Waals surface area contributed by atoms with E-state index in [1.807, 2.05) is 19.1 Å². The highest BCUT2D eigenvalue weighted by Crippen LogP contribution is 2.21. The molecule has 0 fully saturated rings. The molecule has 1 rings (SSSR count). The quantitative estimate of drug-likeness (QED) is 0.573. The zero-order chi connectivity index (χ0) is 12.8. The number of carbonyl (C=O) groups excluding carboxylic acids is 1. The van der Waals surface area contributed by atoms with E-state index in [0.29, 0.717) is 5.75 Å². The van der Waals surface area contributed by atoms with Gasteiger partial charge in [-0.05, 0) is 42.9 Å². The summed E-state index contributed by atoms with van der Waals surface area (Å²) in [5, 5.41) is -0.00200. The predicted octanol–water partition coefficient (Wildman–Crippen LogP) is 1.00. The highest BCUT2D eigenvalue weighted by Gasteiger charge is 2.03. The molecule has 0 bridgehead atoms. The number of ether oxygens (including phenoxy) is 1. The third kappa shape index (κ3) is 5.01. The van der Waals surface area contributed by atoms with Gasteiger partial charge in [-0.15, -0.1) is 0 Å². The SMILES string of the molecule is Cc1cc(OCC(=O)NNC(N)=S)ccc1Br. The second-order valence-electron chi connectivity index (χ2n) is 3.24. The molecule has 0 unspecified atom stereocenters. The molecular formula is C10H12BrN3O2S. The minimum Gasteiger partial charge on any atom is -0.484 e. The molecule has 7 heteroatoms. The molecule has 0 saturated carbocycles. The fourth-order valence-electron chi connectivity index (χ4n) is 1.02. The number of hydrogen-bond donors (Lipinski definition) is 3. The van der Waals surface area contributed by atoms with Gasteiger partial charge in [0, 0.05) is 4.47 Å². The van der Waals surface area contributed by atoms with Crippen LogP contribution in [0.3, 0.4) is 0 Å². The number of amides is 1. The van der Waals surface area contributed by atoms with Crippen molar-refractivity contribution in [2.75, 3.05) is 6.61 Å². The van der Waals surface area contributed by atoms with Gasteiger partial charge in [0.25, 0.3) is 5.91 Å². The minimum absolute atomic E-state index is 0.00200. The maximum Gasteiger partial charge on any atom is 0.276 e. The van der Waals surface area contributed by atoms with Crippen LogP contribution in [0.4, 0.5) is 0 Å². The molecule has 0 aromatic heterocycles. The first kappa shape index (κ1) is 13.7. The number of hydrazine groups is 1. The number of thiocarbonyl (C=S) groups is 1. The topological polar surface area (TPSA) is 76.4 Å². The normalized spacial score (nSPS) is 9.53. The Balaban J connectivity index is 2.42. The van der Waals surface area contributed by atoms with Gasteiger partial charge in [-0.3, -0.25) is 15.6 Å². The first-order valence-electron chi connectivity index (χ1n) is 4.72. The number of benzene rings is 1. The van der Waals surface area contributed by atoms with Gasteiger partial charge in [0.1, 0.15) is 5.75 Å². The Morgan fingerprint density at radius 2 is 2.24 bits per heavy atom. The second-order valence-corrected chi connectivity index (χ2v) is 4.53. The van der Waals surface area contributed by atoms with Crippen LogP contribution in [0.15, 0.2) is 22.7 Å². The molecule has 1 aromatic rings. The molecule has 0 saturated heterocycles. The van der Waals surface area contributed by atoms with Crippen molar-refractivity contribution in [3.63, 3.8) is 0 Å². The van der Waals surface area contributed by atoms with E-state index < -0.39 is 0 Å². The molecule has 92 valence electrons. The minimum atomic E-state index is -0.363. The summed E-state index contributed by atoms with van der Waals surface area (Å²) < 4.78 is 6.27. The number of hydrogen-bond acceptors (Lipinski definition) is 3. The van der Waals surface area contributed by atoms with E-state index in [-0.39, 0.29) is 17.6 Å². The maximum atomic E-state index is 11.2. The molecule has 0 aliphatic rings. The van der Waals surface area contributed by atoms with E-state index in [1.165, 1.54) is 0 Å². The second kappa shape index (κ2) is 6.41. The molecule has 0 atom stereocenters. The lowest BCUT2D eigenvalue weighted by molar-refractivity contribution is -0.123. The Bertz CT molecular complexity index is 440. The molecule has 1 amide bonds. The summed E-state index contributed by atoms with van der Waals surface area (Å²) in [6.07, 6.45) is 0. The number of halogens is 1. The van der Waals surface area contributed by atoms with Gasteiger partial charge in [-0.1, -0.05) is 15.9 Å². The Morgan fingerprint density at radius 3 is 2.82 bits per heavy atom. The summed E-state index contributed by atoms with van der Waals surface area (Å²) in [5.41, 5.74) is 10.8. The van der Waals surface area contributed by atoms with Crippen LogP contribution in [0.5, 0.6) is 5.75 Å². The highest BCUT2D eigenvalue weighted by molar-refractivity contribution is 9.10. The summed E-state index contributed by atoms with van der Waals surface area (Å²) in [4.78, 5) is 11.2. The van der Waals surface area contributed by atoms with Crippen molar-refractivity contribution < 1.29 is 9.53 Å². The van der Waals surface area contributed by atoms with Gasteiger partial charge in [-0.2, -0.15) is 0 Å². The molecule has 0 aliphatic carbocycles. The Hall–Kier alpha value is -1.34. The van der Waals surface area contributed by atoms with Crippen molar-refractivity contribution in [3.8, 4) is 5.75 Å².